The third kappa shape index (κ3) is 4.84. The molecule has 3 aromatic rings. The first kappa shape index (κ1) is 23.9. The van der Waals surface area contributed by atoms with Gasteiger partial charge in [-0.25, -0.2) is 4.99 Å². The monoisotopic (exact) mass is 541 g/mol. The lowest BCUT2D eigenvalue weighted by molar-refractivity contribution is -0.122. The van der Waals surface area contributed by atoms with Crippen molar-refractivity contribution in [1.82, 2.24) is 9.47 Å². The number of aliphatic imine (C=N–C) groups is 1. The Hall–Kier alpha value is -2.28. The van der Waals surface area contributed by atoms with E-state index >= 15 is 0 Å². The van der Waals surface area contributed by atoms with Crippen molar-refractivity contribution in [3.05, 3.63) is 84.9 Å². The van der Waals surface area contributed by atoms with E-state index in [4.69, 9.17) is 16.6 Å². The van der Waals surface area contributed by atoms with Crippen molar-refractivity contribution in [2.75, 3.05) is 6.54 Å². The highest BCUT2D eigenvalue weighted by molar-refractivity contribution is 9.10. The minimum absolute atomic E-state index is 0.0272. The lowest BCUT2D eigenvalue weighted by Gasteiger charge is -2.12. The molecule has 4 nitrogen and oxygen atoms in total. The van der Waals surface area contributed by atoms with Crippen LogP contribution in [0, 0.1) is 27.7 Å². The molecule has 33 heavy (non-hydrogen) atoms. The topological polar surface area (TPSA) is 37.6 Å². The van der Waals surface area contributed by atoms with Gasteiger partial charge in [0.2, 0.25) is 0 Å². The van der Waals surface area contributed by atoms with Crippen molar-refractivity contribution in [3.8, 4) is 5.69 Å². The molecule has 0 N–H and O–H groups in total. The molecule has 1 aliphatic rings. The Morgan fingerprint density at radius 2 is 1.76 bits per heavy atom. The molecule has 1 saturated heterocycles. The van der Waals surface area contributed by atoms with Gasteiger partial charge in [0, 0.05) is 28.1 Å². The van der Waals surface area contributed by atoms with Gasteiger partial charge in [-0.15, -0.1) is 0 Å². The van der Waals surface area contributed by atoms with E-state index in [1.807, 2.05) is 25.1 Å². The molecule has 170 valence electrons. The van der Waals surface area contributed by atoms with Crippen LogP contribution in [0.25, 0.3) is 11.8 Å². The van der Waals surface area contributed by atoms with Crippen LogP contribution >= 0.6 is 39.3 Å². The molecule has 1 aromatic heterocycles. The summed E-state index contributed by atoms with van der Waals surface area (Å²) < 4.78 is 3.06. The van der Waals surface area contributed by atoms with Crippen molar-refractivity contribution in [3.63, 3.8) is 0 Å². The predicted molar refractivity (Wildman–Crippen MR) is 144 cm³/mol. The van der Waals surface area contributed by atoms with Crippen LogP contribution in [0.5, 0.6) is 0 Å². The fourth-order valence-electron chi connectivity index (χ4n) is 4.09. The number of amides is 1. The van der Waals surface area contributed by atoms with E-state index in [-0.39, 0.29) is 5.91 Å². The Morgan fingerprint density at radius 3 is 2.39 bits per heavy atom. The van der Waals surface area contributed by atoms with E-state index in [0.717, 1.165) is 27.1 Å². The first-order valence-electron chi connectivity index (χ1n) is 10.7. The molecule has 1 amide bonds. The lowest BCUT2D eigenvalue weighted by Crippen LogP contribution is -2.28. The number of nitrogens with zero attached hydrogens (tertiary/aromatic N) is 3. The summed E-state index contributed by atoms with van der Waals surface area (Å²) in [5, 5.41) is 1.25. The Kier molecular flexibility index (Phi) is 6.89. The second-order valence-electron chi connectivity index (χ2n) is 8.16. The number of rotatable bonds is 4. The number of aromatic nitrogens is 1. The molecule has 0 saturated carbocycles. The maximum absolute atomic E-state index is 13.1. The summed E-state index contributed by atoms with van der Waals surface area (Å²) >= 11 is 11.0. The Bertz CT molecular complexity index is 1310. The largest absolute Gasteiger partial charge is 0.318 e. The van der Waals surface area contributed by atoms with Crippen LogP contribution in [0.15, 0.2) is 56.8 Å². The Balaban J connectivity index is 1.71. The number of aryl methyl sites for hydroxylation is 3. The summed E-state index contributed by atoms with van der Waals surface area (Å²) in [6.45, 7) is 10.9. The van der Waals surface area contributed by atoms with Gasteiger partial charge in [0.05, 0.1) is 15.6 Å². The first-order chi connectivity index (χ1) is 15.7. The molecular formula is C26H25BrClN3OS. The molecule has 0 aliphatic carbocycles. The molecule has 0 spiro atoms. The summed E-state index contributed by atoms with van der Waals surface area (Å²) in [5.74, 6) is -0.0272. The highest BCUT2D eigenvalue weighted by Gasteiger charge is 2.32. The molecule has 0 atom stereocenters. The molecule has 0 unspecified atom stereocenters. The van der Waals surface area contributed by atoms with Crippen LogP contribution < -0.4 is 0 Å². The van der Waals surface area contributed by atoms with Crippen LogP contribution in [-0.2, 0) is 4.79 Å². The van der Waals surface area contributed by atoms with Crippen molar-refractivity contribution in [2.45, 2.75) is 34.6 Å². The number of carbonyl (C=O) groups is 1. The van der Waals surface area contributed by atoms with E-state index in [2.05, 4.69) is 72.5 Å². The molecule has 1 fully saturated rings. The molecule has 4 rings (SSSR count). The van der Waals surface area contributed by atoms with Crippen molar-refractivity contribution in [1.29, 1.82) is 0 Å². The van der Waals surface area contributed by atoms with E-state index in [1.165, 1.54) is 22.9 Å². The number of likely N-dealkylation sites (N-methyl/N-ethyl adjacent to an activating group) is 1. The molecule has 1 aliphatic heterocycles. The van der Waals surface area contributed by atoms with Gasteiger partial charge in [0.25, 0.3) is 5.91 Å². The number of amidine groups is 1. The van der Waals surface area contributed by atoms with Crippen LogP contribution in [-0.4, -0.2) is 27.1 Å². The standard InChI is InChI=1S/C26H25BrClN3OS/c1-6-30-25(32)24(33-26(30)29-20-7-8-22(27)23(28)14-20)13-19-12-17(4)31(18(19)5)21-10-15(2)9-16(3)11-21/h7-14H,6H2,1-5H3/b24-13-,29-26?. The zero-order valence-electron chi connectivity index (χ0n) is 19.2. The highest BCUT2D eigenvalue weighted by atomic mass is 79.9. The van der Waals surface area contributed by atoms with Gasteiger partial charge in [-0.2, -0.15) is 0 Å². The summed E-state index contributed by atoms with van der Waals surface area (Å²) in [6.07, 6.45) is 1.98. The number of carbonyl (C=O) groups excluding carboxylic acids is 1. The van der Waals surface area contributed by atoms with Gasteiger partial charge >= 0.3 is 0 Å². The van der Waals surface area contributed by atoms with Crippen LogP contribution in [0.3, 0.4) is 0 Å². The van der Waals surface area contributed by atoms with Gasteiger partial charge in [-0.1, -0.05) is 17.7 Å². The van der Waals surface area contributed by atoms with Crippen molar-refractivity contribution < 1.29 is 4.79 Å². The lowest BCUT2D eigenvalue weighted by atomic mass is 10.1. The molecular weight excluding hydrogens is 518 g/mol. The minimum atomic E-state index is -0.0272. The molecule has 0 radical (unpaired) electrons. The SMILES string of the molecule is CCN1C(=O)/C(=C/c2cc(C)n(-c3cc(C)cc(C)c3)c2C)SC1=Nc1ccc(Br)c(Cl)c1. The summed E-state index contributed by atoms with van der Waals surface area (Å²) in [6, 6.07) is 14.2. The van der Waals surface area contributed by atoms with Gasteiger partial charge in [0.15, 0.2) is 5.17 Å². The van der Waals surface area contributed by atoms with Gasteiger partial charge in [-0.3, -0.25) is 9.69 Å². The normalized spacial score (nSPS) is 16.5. The quantitative estimate of drug-likeness (QED) is 0.316. The summed E-state index contributed by atoms with van der Waals surface area (Å²) in [4.78, 5) is 20.2. The van der Waals surface area contributed by atoms with E-state index in [9.17, 15) is 4.79 Å². The predicted octanol–water partition coefficient (Wildman–Crippen LogP) is 7.75. The average Bonchev–Trinajstić information content (AvgIpc) is 3.19. The highest BCUT2D eigenvalue weighted by Crippen LogP contribution is 2.36. The average molecular weight is 543 g/mol. The zero-order chi connectivity index (χ0) is 23.9. The second-order valence-corrected chi connectivity index (χ2v) is 10.4. The van der Waals surface area contributed by atoms with E-state index in [1.54, 1.807) is 11.0 Å². The van der Waals surface area contributed by atoms with Crippen LogP contribution in [0.4, 0.5) is 5.69 Å². The maximum Gasteiger partial charge on any atom is 0.266 e. The van der Waals surface area contributed by atoms with Gasteiger partial charge in [-0.05, 0) is 121 Å². The maximum atomic E-state index is 13.1. The number of halogens is 2. The van der Waals surface area contributed by atoms with Gasteiger partial charge < -0.3 is 4.57 Å². The molecule has 7 heteroatoms. The van der Waals surface area contributed by atoms with E-state index < -0.39 is 0 Å². The summed E-state index contributed by atoms with van der Waals surface area (Å²) in [5.41, 5.74) is 7.58. The number of thioether (sulfide) groups is 1. The smallest absolute Gasteiger partial charge is 0.266 e. The summed E-state index contributed by atoms with van der Waals surface area (Å²) in [7, 11) is 0. The fraction of sp³-hybridized carbons (Fsp3) is 0.231. The minimum Gasteiger partial charge on any atom is -0.318 e. The fourth-order valence-corrected chi connectivity index (χ4v) is 5.56. The third-order valence-electron chi connectivity index (χ3n) is 5.55. The number of hydrogen-bond acceptors (Lipinski definition) is 3. The first-order valence-corrected chi connectivity index (χ1v) is 12.7. The zero-order valence-corrected chi connectivity index (χ0v) is 22.4. The second kappa shape index (κ2) is 9.53. The van der Waals surface area contributed by atoms with Crippen molar-refractivity contribution >= 4 is 62.1 Å². The van der Waals surface area contributed by atoms with Crippen LogP contribution in [0.1, 0.15) is 35.0 Å². The Morgan fingerprint density at radius 1 is 1.06 bits per heavy atom. The van der Waals surface area contributed by atoms with E-state index in [0.29, 0.717) is 27.3 Å². The third-order valence-corrected chi connectivity index (χ3v) is 7.79. The molecule has 2 heterocycles. The number of benzene rings is 2. The molecule has 0 bridgehead atoms. The number of hydrogen-bond donors (Lipinski definition) is 0. The Labute approximate surface area is 212 Å². The van der Waals surface area contributed by atoms with Crippen LogP contribution in [0.2, 0.25) is 5.02 Å². The molecule has 2 aromatic carbocycles. The van der Waals surface area contributed by atoms with Gasteiger partial charge in [0.1, 0.15) is 0 Å². The van der Waals surface area contributed by atoms with Crippen molar-refractivity contribution in [2.24, 2.45) is 4.99 Å².